The zero-order valence-corrected chi connectivity index (χ0v) is 14.2. The summed E-state index contributed by atoms with van der Waals surface area (Å²) in [4.78, 5) is 7.17. The van der Waals surface area contributed by atoms with Gasteiger partial charge in [-0.15, -0.1) is 0 Å². The van der Waals surface area contributed by atoms with Crippen LogP contribution in [0.15, 0.2) is 42.1 Å². The molecule has 2 aromatic rings. The molecule has 2 nitrogen and oxygen atoms in total. The third-order valence-electron chi connectivity index (χ3n) is 5.08. The van der Waals surface area contributed by atoms with Crippen LogP contribution in [-0.4, -0.2) is 30.0 Å². The molecule has 0 unspecified atom stereocenters. The van der Waals surface area contributed by atoms with E-state index in [1.807, 2.05) is 12.3 Å². The summed E-state index contributed by atoms with van der Waals surface area (Å²) in [7, 11) is 2.20. The highest BCUT2D eigenvalue weighted by atomic mass is 35.5. The molecule has 23 heavy (non-hydrogen) atoms. The summed E-state index contributed by atoms with van der Waals surface area (Å²) in [5, 5.41) is 0.814. The molecule has 0 saturated carbocycles. The summed E-state index contributed by atoms with van der Waals surface area (Å²) in [6, 6.07) is 10.6. The van der Waals surface area contributed by atoms with Gasteiger partial charge in [-0.1, -0.05) is 29.3 Å². The lowest BCUT2D eigenvalue weighted by Gasteiger charge is -2.27. The van der Waals surface area contributed by atoms with E-state index >= 15 is 0 Å². The van der Waals surface area contributed by atoms with Gasteiger partial charge in [0.25, 0.3) is 0 Å². The molecule has 1 aliphatic heterocycles. The van der Waals surface area contributed by atoms with Crippen LogP contribution in [0.25, 0.3) is 5.57 Å². The molecule has 0 radical (unpaired) electrons. The van der Waals surface area contributed by atoms with Crippen LogP contribution in [-0.2, 0) is 12.8 Å². The monoisotopic (exact) mass is 324 g/mol. The molecule has 0 spiro atoms. The molecule has 1 saturated heterocycles. The molecule has 0 N–H and O–H groups in total. The number of benzene rings is 1. The summed E-state index contributed by atoms with van der Waals surface area (Å²) < 4.78 is 0. The molecule has 1 aromatic heterocycles. The van der Waals surface area contributed by atoms with Crippen molar-refractivity contribution in [2.24, 2.45) is 0 Å². The number of likely N-dealkylation sites (tertiary alicyclic amines) is 1. The summed E-state index contributed by atoms with van der Waals surface area (Å²) in [6.45, 7) is 2.24. The Balaban J connectivity index is 1.95. The first kappa shape index (κ1) is 14.9. The van der Waals surface area contributed by atoms with E-state index in [1.54, 1.807) is 0 Å². The number of hydrogen-bond acceptors (Lipinski definition) is 2. The van der Waals surface area contributed by atoms with Crippen LogP contribution in [0.3, 0.4) is 0 Å². The number of fused-ring (bicyclic) bond motifs is 2. The van der Waals surface area contributed by atoms with Crippen LogP contribution in [0.1, 0.15) is 35.2 Å². The summed E-state index contributed by atoms with van der Waals surface area (Å²) in [6.07, 6.45) is 6.27. The average Bonchev–Trinajstić information content (AvgIpc) is 2.72. The molecule has 1 aromatic carbocycles. The molecule has 3 heteroatoms. The van der Waals surface area contributed by atoms with Crippen LogP contribution in [0.4, 0.5) is 0 Å². The molecule has 0 bridgehead atoms. The minimum atomic E-state index is 0.814. The van der Waals surface area contributed by atoms with Crippen LogP contribution in [0, 0.1) is 0 Å². The van der Waals surface area contributed by atoms with E-state index in [0.717, 1.165) is 43.8 Å². The fraction of sp³-hybridized carbons (Fsp3) is 0.350. The molecule has 1 fully saturated rings. The highest BCUT2D eigenvalue weighted by Gasteiger charge is 2.24. The molecule has 0 atom stereocenters. The van der Waals surface area contributed by atoms with Crippen molar-refractivity contribution in [2.45, 2.75) is 25.7 Å². The molecule has 118 valence electrons. The van der Waals surface area contributed by atoms with Gasteiger partial charge in [0.15, 0.2) is 0 Å². The molecular weight excluding hydrogens is 304 g/mol. The summed E-state index contributed by atoms with van der Waals surface area (Å²) in [5.41, 5.74) is 8.12. The first-order valence-corrected chi connectivity index (χ1v) is 8.74. The Morgan fingerprint density at radius 2 is 1.78 bits per heavy atom. The van der Waals surface area contributed by atoms with E-state index in [9.17, 15) is 0 Å². The number of rotatable bonds is 0. The number of hydrogen-bond donors (Lipinski definition) is 0. The average molecular weight is 325 g/mol. The second kappa shape index (κ2) is 6.10. The van der Waals surface area contributed by atoms with E-state index in [2.05, 4.69) is 36.2 Å². The highest BCUT2D eigenvalue weighted by molar-refractivity contribution is 6.30. The van der Waals surface area contributed by atoms with E-state index in [-0.39, 0.29) is 0 Å². The number of piperidine rings is 1. The zero-order chi connectivity index (χ0) is 15.8. The number of pyridine rings is 1. The Labute approximate surface area is 142 Å². The Kier molecular flexibility index (Phi) is 3.96. The van der Waals surface area contributed by atoms with Crippen molar-refractivity contribution in [3.05, 3.63) is 69.5 Å². The smallest absolute Gasteiger partial charge is 0.0739 e. The van der Waals surface area contributed by atoms with Crippen LogP contribution < -0.4 is 0 Å². The van der Waals surface area contributed by atoms with E-state index in [4.69, 9.17) is 16.6 Å². The van der Waals surface area contributed by atoms with Gasteiger partial charge in [0.1, 0.15) is 0 Å². The topological polar surface area (TPSA) is 16.1 Å². The van der Waals surface area contributed by atoms with Gasteiger partial charge in [-0.3, -0.25) is 4.98 Å². The third-order valence-corrected chi connectivity index (χ3v) is 5.31. The molecule has 2 heterocycles. The van der Waals surface area contributed by atoms with Crippen molar-refractivity contribution < 1.29 is 0 Å². The predicted octanol–water partition coefficient (Wildman–Crippen LogP) is 4.36. The van der Waals surface area contributed by atoms with Gasteiger partial charge in [-0.2, -0.15) is 0 Å². The number of aromatic nitrogens is 1. The molecule has 2 aliphatic rings. The highest BCUT2D eigenvalue weighted by Crippen LogP contribution is 2.38. The van der Waals surface area contributed by atoms with Gasteiger partial charge in [0.05, 0.1) is 5.69 Å². The number of nitrogens with zero attached hydrogens (tertiary/aromatic N) is 2. The van der Waals surface area contributed by atoms with Crippen molar-refractivity contribution in [1.29, 1.82) is 0 Å². The van der Waals surface area contributed by atoms with Gasteiger partial charge in [-0.05, 0) is 67.6 Å². The maximum Gasteiger partial charge on any atom is 0.0739 e. The lowest BCUT2D eigenvalue weighted by atomic mass is 9.89. The fourth-order valence-corrected chi connectivity index (χ4v) is 3.93. The number of halogens is 1. The van der Waals surface area contributed by atoms with Crippen LogP contribution in [0.2, 0.25) is 5.02 Å². The van der Waals surface area contributed by atoms with Crippen molar-refractivity contribution >= 4 is 17.2 Å². The largest absolute Gasteiger partial charge is 0.306 e. The van der Waals surface area contributed by atoms with E-state index < -0.39 is 0 Å². The quantitative estimate of drug-likeness (QED) is 0.715. The molecule has 0 amide bonds. The maximum atomic E-state index is 6.33. The predicted molar refractivity (Wildman–Crippen MR) is 95.9 cm³/mol. The fourth-order valence-electron chi connectivity index (χ4n) is 3.76. The van der Waals surface area contributed by atoms with E-state index in [0.29, 0.717) is 0 Å². The number of aryl methyl sites for hydroxylation is 2. The summed E-state index contributed by atoms with van der Waals surface area (Å²) in [5.74, 6) is 0. The zero-order valence-electron chi connectivity index (χ0n) is 13.5. The standard InChI is InChI=1S/C20H21ClN2/c1-23-11-8-15(9-12-23)19-18-13-17(21)7-6-14(18)4-5-16-3-2-10-22-20(16)19/h2-3,6-7,10,13H,4-5,8-9,11-12H2,1H3. The van der Waals surface area contributed by atoms with Gasteiger partial charge in [0, 0.05) is 29.9 Å². The van der Waals surface area contributed by atoms with Gasteiger partial charge in [-0.25, -0.2) is 0 Å². The van der Waals surface area contributed by atoms with Gasteiger partial charge < -0.3 is 4.90 Å². The Morgan fingerprint density at radius 3 is 2.61 bits per heavy atom. The first-order valence-electron chi connectivity index (χ1n) is 8.36. The Hall–Kier alpha value is -1.64. The lowest BCUT2D eigenvalue weighted by molar-refractivity contribution is 0.313. The lowest BCUT2D eigenvalue weighted by Crippen LogP contribution is -2.27. The first-order chi connectivity index (χ1) is 11.2. The summed E-state index contributed by atoms with van der Waals surface area (Å²) >= 11 is 6.33. The SMILES string of the molecule is CN1CCC(=C2c3cc(Cl)ccc3CCc3cccnc32)CC1. The molecular formula is C20H21ClN2. The minimum Gasteiger partial charge on any atom is -0.306 e. The van der Waals surface area contributed by atoms with Crippen molar-refractivity contribution in [3.8, 4) is 0 Å². The normalized spacial score (nSPS) is 18.3. The van der Waals surface area contributed by atoms with Crippen molar-refractivity contribution in [3.63, 3.8) is 0 Å². The van der Waals surface area contributed by atoms with Gasteiger partial charge in [0.2, 0.25) is 0 Å². The van der Waals surface area contributed by atoms with Gasteiger partial charge >= 0.3 is 0 Å². The molecule has 4 rings (SSSR count). The van der Waals surface area contributed by atoms with Crippen LogP contribution in [0.5, 0.6) is 0 Å². The van der Waals surface area contributed by atoms with Crippen molar-refractivity contribution in [2.75, 3.05) is 20.1 Å². The van der Waals surface area contributed by atoms with E-state index in [1.165, 1.54) is 33.5 Å². The third kappa shape index (κ3) is 2.82. The Bertz CT molecular complexity index is 769. The Morgan fingerprint density at radius 1 is 1.00 bits per heavy atom. The molecule has 1 aliphatic carbocycles. The minimum absolute atomic E-state index is 0.814. The second-order valence-corrected chi connectivity index (χ2v) is 7.03. The second-order valence-electron chi connectivity index (χ2n) is 6.59. The maximum absolute atomic E-state index is 6.33. The van der Waals surface area contributed by atoms with Crippen molar-refractivity contribution in [1.82, 2.24) is 9.88 Å². The van der Waals surface area contributed by atoms with Crippen LogP contribution >= 0.6 is 11.6 Å².